The minimum absolute atomic E-state index is 0.197. The van der Waals surface area contributed by atoms with Crippen LogP contribution in [0.25, 0.3) is 0 Å². The normalized spacial score (nSPS) is 10.3. The zero-order valence-corrected chi connectivity index (χ0v) is 9.08. The summed E-state index contributed by atoms with van der Waals surface area (Å²) in [5, 5.41) is 9.27. The maximum atomic E-state index is 11.5. The van der Waals surface area contributed by atoms with Gasteiger partial charge in [0.05, 0.1) is 0 Å². The van der Waals surface area contributed by atoms with Gasteiger partial charge in [-0.05, 0) is 6.42 Å². The van der Waals surface area contributed by atoms with E-state index in [0.717, 1.165) is 12.2 Å². The molecule has 1 aromatic rings. The summed E-state index contributed by atoms with van der Waals surface area (Å²) >= 11 is 0. The first kappa shape index (κ1) is 11.4. The van der Waals surface area contributed by atoms with Crippen LogP contribution in [0, 0.1) is 0 Å². The number of hydrogen-bond acceptors (Lipinski definition) is 3. The van der Waals surface area contributed by atoms with Crippen LogP contribution < -0.4 is 5.32 Å². The van der Waals surface area contributed by atoms with Gasteiger partial charge in [-0.25, -0.2) is 4.98 Å². The second-order valence-electron chi connectivity index (χ2n) is 3.53. The van der Waals surface area contributed by atoms with E-state index in [9.17, 15) is 4.79 Å². The second kappa shape index (κ2) is 5.29. The van der Waals surface area contributed by atoms with Gasteiger partial charge in [-0.15, -0.1) is 11.7 Å². The zero-order valence-electron chi connectivity index (χ0n) is 9.08. The molecular formula is C10H16N4O. The summed E-state index contributed by atoms with van der Waals surface area (Å²) < 4.78 is 0. The molecule has 5 nitrogen and oxygen atoms in total. The fourth-order valence-electron chi connectivity index (χ4n) is 1.00. The average Bonchev–Trinajstić information content (AvgIpc) is 2.66. The van der Waals surface area contributed by atoms with Gasteiger partial charge in [-0.1, -0.05) is 19.9 Å². The molecule has 0 radical (unpaired) electrons. The Hall–Kier alpha value is -1.65. The highest BCUT2D eigenvalue weighted by Gasteiger charge is 2.12. The minimum atomic E-state index is -0.250. The van der Waals surface area contributed by atoms with Crippen LogP contribution >= 0.6 is 0 Å². The van der Waals surface area contributed by atoms with Gasteiger partial charge >= 0.3 is 0 Å². The van der Waals surface area contributed by atoms with Crippen molar-refractivity contribution in [3.05, 3.63) is 24.3 Å². The highest BCUT2D eigenvalue weighted by Crippen LogP contribution is 2.07. The molecule has 2 N–H and O–H groups in total. The average molecular weight is 208 g/mol. The van der Waals surface area contributed by atoms with E-state index in [1.165, 1.54) is 0 Å². The molecule has 0 aliphatic carbocycles. The van der Waals surface area contributed by atoms with E-state index in [1.807, 2.05) is 13.8 Å². The summed E-state index contributed by atoms with van der Waals surface area (Å²) in [5.41, 5.74) is 0. The van der Waals surface area contributed by atoms with Crippen LogP contribution in [-0.2, 0) is 0 Å². The van der Waals surface area contributed by atoms with Gasteiger partial charge in [-0.3, -0.25) is 9.89 Å². The van der Waals surface area contributed by atoms with Gasteiger partial charge in [0.15, 0.2) is 0 Å². The molecule has 0 saturated heterocycles. The van der Waals surface area contributed by atoms with Crippen molar-refractivity contribution in [2.45, 2.75) is 26.2 Å². The summed E-state index contributed by atoms with van der Waals surface area (Å²) in [6.07, 6.45) is 2.49. The van der Waals surface area contributed by atoms with Gasteiger partial charge in [0.1, 0.15) is 5.82 Å². The number of amides is 1. The minimum Gasteiger partial charge on any atom is -0.349 e. The number of H-pyrrole nitrogens is 1. The number of aromatic amines is 1. The Bertz CT molecular complexity index is 343. The number of carbonyl (C=O) groups excluding carboxylic acids is 1. The van der Waals surface area contributed by atoms with E-state index < -0.39 is 0 Å². The van der Waals surface area contributed by atoms with Gasteiger partial charge < -0.3 is 5.32 Å². The molecule has 0 aliphatic heterocycles. The first-order chi connectivity index (χ1) is 7.15. The molecule has 5 heteroatoms. The van der Waals surface area contributed by atoms with E-state index in [4.69, 9.17) is 0 Å². The Morgan fingerprint density at radius 2 is 2.40 bits per heavy atom. The van der Waals surface area contributed by atoms with Crippen molar-refractivity contribution >= 4 is 5.91 Å². The monoisotopic (exact) mass is 208 g/mol. The van der Waals surface area contributed by atoms with Crippen LogP contribution in [0.5, 0.6) is 0 Å². The lowest BCUT2D eigenvalue weighted by atomic mass is 10.2. The SMILES string of the molecule is C=CCCNC(=O)c1n[nH]c(C(C)C)n1. The largest absolute Gasteiger partial charge is 0.349 e. The molecule has 0 atom stereocenters. The summed E-state index contributed by atoms with van der Waals surface area (Å²) in [6.45, 7) is 8.10. The van der Waals surface area contributed by atoms with Crippen molar-refractivity contribution in [3.63, 3.8) is 0 Å². The molecule has 1 aromatic heterocycles. The second-order valence-corrected chi connectivity index (χ2v) is 3.53. The number of carbonyl (C=O) groups is 1. The summed E-state index contributed by atoms with van der Waals surface area (Å²) in [5.74, 6) is 0.916. The van der Waals surface area contributed by atoms with Gasteiger partial charge in [0, 0.05) is 12.5 Å². The molecule has 0 fully saturated rings. The fraction of sp³-hybridized carbons (Fsp3) is 0.500. The Labute approximate surface area is 89.0 Å². The van der Waals surface area contributed by atoms with Crippen molar-refractivity contribution in [2.24, 2.45) is 0 Å². The lowest BCUT2D eigenvalue weighted by Crippen LogP contribution is -2.25. The number of rotatable bonds is 5. The smallest absolute Gasteiger partial charge is 0.290 e. The third kappa shape index (κ3) is 3.19. The van der Waals surface area contributed by atoms with E-state index in [2.05, 4.69) is 27.1 Å². The Balaban J connectivity index is 2.54. The van der Waals surface area contributed by atoms with Crippen LogP contribution in [0.15, 0.2) is 12.7 Å². The van der Waals surface area contributed by atoms with Gasteiger partial charge in [-0.2, -0.15) is 0 Å². The predicted octanol–water partition coefficient (Wildman–Crippen LogP) is 1.23. The molecule has 0 spiro atoms. The maximum Gasteiger partial charge on any atom is 0.290 e. The highest BCUT2D eigenvalue weighted by atomic mass is 16.2. The molecule has 0 aromatic carbocycles. The van der Waals surface area contributed by atoms with Crippen molar-refractivity contribution in [3.8, 4) is 0 Å². The number of nitrogens with zero attached hydrogens (tertiary/aromatic N) is 2. The summed E-state index contributed by atoms with van der Waals surface area (Å²) in [4.78, 5) is 15.5. The van der Waals surface area contributed by atoms with Crippen LogP contribution in [0.2, 0.25) is 0 Å². The van der Waals surface area contributed by atoms with Crippen molar-refractivity contribution in [2.75, 3.05) is 6.54 Å². The first-order valence-corrected chi connectivity index (χ1v) is 4.96. The predicted molar refractivity (Wildman–Crippen MR) is 57.6 cm³/mol. The van der Waals surface area contributed by atoms with Crippen LogP contribution in [0.1, 0.15) is 42.6 Å². The van der Waals surface area contributed by atoms with E-state index in [1.54, 1.807) is 6.08 Å². The topological polar surface area (TPSA) is 70.7 Å². The number of hydrogen-bond donors (Lipinski definition) is 2. The van der Waals surface area contributed by atoms with Crippen molar-refractivity contribution < 1.29 is 4.79 Å². The van der Waals surface area contributed by atoms with Crippen molar-refractivity contribution in [1.29, 1.82) is 0 Å². The first-order valence-electron chi connectivity index (χ1n) is 4.96. The lowest BCUT2D eigenvalue weighted by Gasteiger charge is -1.98. The third-order valence-electron chi connectivity index (χ3n) is 1.89. The zero-order chi connectivity index (χ0) is 11.3. The molecule has 82 valence electrons. The van der Waals surface area contributed by atoms with Crippen LogP contribution in [0.4, 0.5) is 0 Å². The quantitative estimate of drug-likeness (QED) is 0.565. The molecule has 0 bridgehead atoms. The molecular weight excluding hydrogens is 192 g/mol. The summed E-state index contributed by atoms with van der Waals surface area (Å²) in [6, 6.07) is 0. The molecule has 0 unspecified atom stereocenters. The third-order valence-corrected chi connectivity index (χ3v) is 1.89. The molecule has 1 amide bonds. The van der Waals surface area contributed by atoms with Crippen LogP contribution in [0.3, 0.4) is 0 Å². The van der Waals surface area contributed by atoms with Gasteiger partial charge in [0.2, 0.25) is 5.82 Å². The molecule has 1 rings (SSSR count). The Morgan fingerprint density at radius 1 is 1.67 bits per heavy atom. The maximum absolute atomic E-state index is 11.5. The Kier molecular flexibility index (Phi) is 4.03. The molecule has 0 saturated carbocycles. The number of aromatic nitrogens is 3. The Morgan fingerprint density at radius 3 is 2.93 bits per heavy atom. The van der Waals surface area contributed by atoms with Gasteiger partial charge in [0.25, 0.3) is 5.91 Å². The molecule has 0 aliphatic rings. The standard InChI is InChI=1S/C10H16N4O/c1-4-5-6-11-10(15)9-12-8(7(2)3)13-14-9/h4,7H,1,5-6H2,2-3H3,(H,11,15)(H,12,13,14). The van der Waals surface area contributed by atoms with E-state index >= 15 is 0 Å². The van der Waals surface area contributed by atoms with Crippen LogP contribution in [-0.4, -0.2) is 27.6 Å². The lowest BCUT2D eigenvalue weighted by molar-refractivity contribution is 0.0944. The fourth-order valence-corrected chi connectivity index (χ4v) is 1.00. The van der Waals surface area contributed by atoms with E-state index in [0.29, 0.717) is 6.54 Å². The summed E-state index contributed by atoms with van der Waals surface area (Å²) in [7, 11) is 0. The highest BCUT2D eigenvalue weighted by molar-refractivity contribution is 5.90. The molecule has 15 heavy (non-hydrogen) atoms. The van der Waals surface area contributed by atoms with Crippen molar-refractivity contribution in [1.82, 2.24) is 20.5 Å². The number of nitrogens with one attached hydrogen (secondary N) is 2. The van der Waals surface area contributed by atoms with E-state index in [-0.39, 0.29) is 17.6 Å². The molecule has 1 heterocycles.